The van der Waals surface area contributed by atoms with Gasteiger partial charge in [0, 0.05) is 32.1 Å². The molecule has 0 saturated carbocycles. The summed E-state index contributed by atoms with van der Waals surface area (Å²) in [6, 6.07) is 4.67. The normalized spacial score (nSPS) is 13.8. The van der Waals surface area contributed by atoms with Crippen molar-refractivity contribution in [2.24, 2.45) is 0 Å². The van der Waals surface area contributed by atoms with E-state index in [0.29, 0.717) is 17.9 Å². The Kier molecular flexibility index (Phi) is 14.9. The number of morpholine rings is 1. The van der Waals surface area contributed by atoms with Crippen LogP contribution in [0.3, 0.4) is 0 Å². The molecule has 0 amide bonds. The van der Waals surface area contributed by atoms with Gasteiger partial charge in [0.15, 0.2) is 0 Å². The van der Waals surface area contributed by atoms with Gasteiger partial charge in [-0.3, -0.25) is 9.69 Å². The quantitative estimate of drug-likeness (QED) is 0.709. The van der Waals surface area contributed by atoms with E-state index in [-0.39, 0.29) is 18.0 Å². The molecule has 0 radical (unpaired) electrons. The zero-order valence-electron chi connectivity index (χ0n) is 17.1. The van der Waals surface area contributed by atoms with Gasteiger partial charge >= 0.3 is 0 Å². The van der Waals surface area contributed by atoms with Crippen LogP contribution in [0.5, 0.6) is 5.75 Å². The fourth-order valence-corrected chi connectivity index (χ4v) is 2.15. The maximum Gasteiger partial charge on any atom is 0.134 e. The highest BCUT2D eigenvalue weighted by Crippen LogP contribution is 2.17. The number of Topliss-reactive ketones (excluding diaryl/α,β-unsaturated/α-hetero) is 1. The molecule has 1 fully saturated rings. The second-order valence-electron chi connectivity index (χ2n) is 5.93. The topological polar surface area (TPSA) is 38.8 Å². The first-order valence-electron chi connectivity index (χ1n) is 9.77. The lowest BCUT2D eigenvalue weighted by Gasteiger charge is -2.26. The molecule has 0 spiro atoms. The molecular weight excluding hydrogens is 333 g/mol. The number of rotatable bonds is 7. The number of hydrogen-bond acceptors (Lipinski definition) is 4. The number of benzene rings is 1. The number of ketones is 1. The van der Waals surface area contributed by atoms with E-state index in [1.54, 1.807) is 12.1 Å². The number of carbonyl (C=O) groups is 1. The zero-order chi connectivity index (χ0) is 19.8. The van der Waals surface area contributed by atoms with E-state index < -0.39 is 0 Å². The first kappa shape index (κ1) is 24.5. The van der Waals surface area contributed by atoms with Crippen LogP contribution >= 0.6 is 0 Å². The number of ether oxygens (including phenoxy) is 2. The fourth-order valence-electron chi connectivity index (χ4n) is 2.15. The molecule has 0 unspecified atom stereocenters. The van der Waals surface area contributed by atoms with Gasteiger partial charge in [-0.15, -0.1) is 0 Å². The molecule has 0 atom stereocenters. The molecule has 2 rings (SSSR count). The van der Waals surface area contributed by atoms with E-state index in [4.69, 9.17) is 9.47 Å². The number of halogens is 1. The molecule has 26 heavy (non-hydrogen) atoms. The van der Waals surface area contributed by atoms with E-state index in [9.17, 15) is 9.18 Å². The minimum absolute atomic E-state index is 0.0510. The Morgan fingerprint density at radius 2 is 1.81 bits per heavy atom. The predicted molar refractivity (Wildman–Crippen MR) is 105 cm³/mol. The summed E-state index contributed by atoms with van der Waals surface area (Å²) in [5.41, 5.74) is 0.415. The van der Waals surface area contributed by atoms with Crippen LogP contribution < -0.4 is 4.74 Å². The molecule has 1 aromatic carbocycles. The summed E-state index contributed by atoms with van der Waals surface area (Å²) in [5.74, 6) is 0.0667. The smallest absolute Gasteiger partial charge is 0.134 e. The molecule has 1 heterocycles. The number of carbonyl (C=O) groups excluding carboxylic acids is 1. The monoisotopic (exact) mass is 369 g/mol. The molecule has 150 valence electrons. The third kappa shape index (κ3) is 11.2. The lowest BCUT2D eigenvalue weighted by atomic mass is 10.1. The largest absolute Gasteiger partial charge is 0.492 e. The van der Waals surface area contributed by atoms with Crippen LogP contribution in [-0.2, 0) is 16.0 Å². The van der Waals surface area contributed by atoms with Gasteiger partial charge in [-0.1, -0.05) is 46.6 Å². The second kappa shape index (κ2) is 15.8. The van der Waals surface area contributed by atoms with E-state index in [1.807, 2.05) is 13.8 Å². The zero-order valence-corrected chi connectivity index (χ0v) is 17.1. The lowest BCUT2D eigenvalue weighted by Crippen LogP contribution is -2.38. The van der Waals surface area contributed by atoms with Gasteiger partial charge < -0.3 is 9.47 Å². The Morgan fingerprint density at radius 3 is 2.31 bits per heavy atom. The Morgan fingerprint density at radius 1 is 1.19 bits per heavy atom. The molecule has 1 aliphatic heterocycles. The molecule has 1 saturated heterocycles. The maximum absolute atomic E-state index is 13.7. The summed E-state index contributed by atoms with van der Waals surface area (Å²) in [7, 11) is 0. The van der Waals surface area contributed by atoms with E-state index in [0.717, 1.165) is 32.8 Å². The number of nitrogens with zero attached hydrogens (tertiary/aromatic N) is 1. The van der Waals surface area contributed by atoms with Gasteiger partial charge in [0.1, 0.15) is 24.0 Å². The summed E-state index contributed by atoms with van der Waals surface area (Å²) in [6.07, 6.45) is 2.76. The van der Waals surface area contributed by atoms with Gasteiger partial charge in [0.25, 0.3) is 0 Å². The summed E-state index contributed by atoms with van der Waals surface area (Å²) in [4.78, 5) is 13.2. The minimum atomic E-state index is -0.385. The standard InChI is InChI=1S/C15H20FNO3.C4H10.C2H6/c1-12(18)10-13-2-3-14(11-15(13)16)20-9-6-17-4-7-19-8-5-17;1-3-4-2;1-2/h2-3,11H,4-10H2,1H3;3-4H2,1-2H3;1-2H3. The molecular formula is C21H36FNO3. The summed E-state index contributed by atoms with van der Waals surface area (Å²) in [5, 5.41) is 0. The average molecular weight is 370 g/mol. The molecule has 5 heteroatoms. The Bertz CT molecular complexity index is 486. The number of hydrogen-bond donors (Lipinski definition) is 0. The SMILES string of the molecule is CC.CC(=O)Cc1ccc(OCCN2CCOCC2)cc1F.CCCC. The van der Waals surface area contributed by atoms with Gasteiger partial charge in [0.2, 0.25) is 0 Å². The fraction of sp³-hybridized carbons (Fsp3) is 0.667. The minimum Gasteiger partial charge on any atom is -0.492 e. The lowest BCUT2D eigenvalue weighted by molar-refractivity contribution is -0.116. The van der Waals surface area contributed by atoms with Crippen molar-refractivity contribution in [2.75, 3.05) is 39.5 Å². The molecule has 0 aromatic heterocycles. The van der Waals surface area contributed by atoms with Crippen LogP contribution in [0.4, 0.5) is 4.39 Å². The number of unbranched alkanes of at least 4 members (excludes halogenated alkanes) is 1. The van der Waals surface area contributed by atoms with Crippen molar-refractivity contribution >= 4 is 5.78 Å². The summed E-state index contributed by atoms with van der Waals surface area (Å²) < 4.78 is 24.5. The van der Waals surface area contributed by atoms with Crippen LogP contribution in [0.15, 0.2) is 18.2 Å². The van der Waals surface area contributed by atoms with Crippen LogP contribution in [0.25, 0.3) is 0 Å². The average Bonchev–Trinajstić information content (AvgIpc) is 2.66. The van der Waals surface area contributed by atoms with Crippen LogP contribution in [-0.4, -0.2) is 50.1 Å². The third-order valence-corrected chi connectivity index (χ3v) is 3.74. The maximum atomic E-state index is 13.7. The van der Waals surface area contributed by atoms with Gasteiger partial charge in [-0.25, -0.2) is 4.39 Å². The van der Waals surface area contributed by atoms with Crippen molar-refractivity contribution in [3.63, 3.8) is 0 Å². The highest BCUT2D eigenvalue weighted by molar-refractivity contribution is 5.78. The Balaban J connectivity index is 0.000000920. The van der Waals surface area contributed by atoms with Gasteiger partial charge in [-0.05, 0) is 18.6 Å². The molecule has 4 nitrogen and oxygen atoms in total. The van der Waals surface area contributed by atoms with E-state index >= 15 is 0 Å². The van der Waals surface area contributed by atoms with E-state index in [1.165, 1.54) is 25.8 Å². The third-order valence-electron chi connectivity index (χ3n) is 3.74. The van der Waals surface area contributed by atoms with Crippen LogP contribution in [0, 0.1) is 5.82 Å². The first-order valence-corrected chi connectivity index (χ1v) is 9.77. The van der Waals surface area contributed by atoms with Crippen molar-refractivity contribution in [1.82, 2.24) is 4.90 Å². The Hall–Kier alpha value is -1.46. The molecule has 0 N–H and O–H groups in total. The highest BCUT2D eigenvalue weighted by atomic mass is 19.1. The summed E-state index contributed by atoms with van der Waals surface area (Å²) in [6.45, 7) is 14.5. The first-order chi connectivity index (χ1) is 12.6. The highest BCUT2D eigenvalue weighted by Gasteiger charge is 2.10. The van der Waals surface area contributed by atoms with Crippen molar-refractivity contribution < 1.29 is 18.7 Å². The molecule has 0 bridgehead atoms. The second-order valence-corrected chi connectivity index (χ2v) is 5.93. The predicted octanol–water partition coefficient (Wildman–Crippen LogP) is 4.50. The molecule has 0 aliphatic carbocycles. The van der Waals surface area contributed by atoms with Crippen LogP contribution in [0.1, 0.15) is 53.0 Å². The molecule has 1 aliphatic rings. The van der Waals surface area contributed by atoms with Crippen molar-refractivity contribution in [2.45, 2.75) is 53.9 Å². The van der Waals surface area contributed by atoms with Gasteiger partial charge in [0.05, 0.1) is 13.2 Å². The summed E-state index contributed by atoms with van der Waals surface area (Å²) >= 11 is 0. The molecule has 1 aromatic rings. The van der Waals surface area contributed by atoms with Gasteiger partial charge in [-0.2, -0.15) is 0 Å². The van der Waals surface area contributed by atoms with Crippen molar-refractivity contribution in [1.29, 1.82) is 0 Å². The van der Waals surface area contributed by atoms with Crippen molar-refractivity contribution in [3.05, 3.63) is 29.6 Å². The van der Waals surface area contributed by atoms with Crippen molar-refractivity contribution in [3.8, 4) is 5.75 Å². The van der Waals surface area contributed by atoms with E-state index in [2.05, 4.69) is 18.7 Å². The Labute approximate surface area is 158 Å². The van der Waals surface area contributed by atoms with Crippen LogP contribution in [0.2, 0.25) is 0 Å².